The number of halogens is 1. The average molecular weight is 254 g/mol. The molecule has 1 aliphatic heterocycles. The maximum absolute atomic E-state index is 12.2. The zero-order valence-electron chi connectivity index (χ0n) is 9.98. The van der Waals surface area contributed by atoms with Crippen molar-refractivity contribution in [2.24, 2.45) is 0 Å². The van der Waals surface area contributed by atoms with E-state index < -0.39 is 0 Å². The minimum atomic E-state index is -0.0260. The van der Waals surface area contributed by atoms with E-state index in [1.807, 2.05) is 4.90 Å². The maximum Gasteiger partial charge on any atom is 0.272 e. The second kappa shape index (κ2) is 5.02. The Morgan fingerprint density at radius 2 is 2.06 bits per heavy atom. The Labute approximate surface area is 106 Å². The topological polar surface area (TPSA) is 45.2 Å². The third kappa shape index (κ3) is 2.96. The largest absolute Gasteiger partial charge is 0.334 e. The summed E-state index contributed by atoms with van der Waals surface area (Å²) in [5, 5.41) is 3.93. The van der Waals surface area contributed by atoms with E-state index >= 15 is 0 Å². The maximum atomic E-state index is 12.2. The Bertz CT molecular complexity index is 397. The number of hydrogen-bond acceptors (Lipinski definition) is 3. The van der Waals surface area contributed by atoms with Crippen LogP contribution in [0.25, 0.3) is 0 Å². The molecule has 0 aliphatic carbocycles. The van der Waals surface area contributed by atoms with Crippen LogP contribution in [0.4, 0.5) is 0 Å². The zero-order chi connectivity index (χ0) is 12.4. The van der Waals surface area contributed by atoms with E-state index in [9.17, 15) is 4.79 Å². The molecule has 2 rings (SSSR count). The number of amides is 1. The normalized spacial score (nSPS) is 24.8. The van der Waals surface area contributed by atoms with E-state index in [0.29, 0.717) is 35.9 Å². The van der Waals surface area contributed by atoms with Gasteiger partial charge in [-0.15, -0.1) is 0 Å². The van der Waals surface area contributed by atoms with Crippen LogP contribution in [0.2, 0.25) is 5.02 Å². The SMILES string of the molecule is CC1CN(C(=O)c2ccc(Cl)cn2)CC(C)N1. The van der Waals surface area contributed by atoms with Crippen molar-refractivity contribution >= 4 is 17.5 Å². The minimum absolute atomic E-state index is 0.0260. The molecule has 17 heavy (non-hydrogen) atoms. The Kier molecular flexibility index (Phi) is 3.64. The predicted octanol–water partition coefficient (Wildman–Crippen LogP) is 1.56. The summed E-state index contributed by atoms with van der Waals surface area (Å²) in [5.41, 5.74) is 0.454. The molecule has 1 aliphatic rings. The predicted molar refractivity (Wildman–Crippen MR) is 67.2 cm³/mol. The fourth-order valence-electron chi connectivity index (χ4n) is 2.16. The van der Waals surface area contributed by atoms with Crippen molar-refractivity contribution in [3.8, 4) is 0 Å². The van der Waals surface area contributed by atoms with E-state index in [2.05, 4.69) is 24.1 Å². The molecule has 0 saturated carbocycles. The number of pyridine rings is 1. The molecular formula is C12H16ClN3O. The molecule has 2 atom stereocenters. The van der Waals surface area contributed by atoms with Crippen LogP contribution < -0.4 is 5.32 Å². The van der Waals surface area contributed by atoms with Crippen molar-refractivity contribution in [2.45, 2.75) is 25.9 Å². The molecule has 2 heterocycles. The van der Waals surface area contributed by atoms with Crippen molar-refractivity contribution in [2.75, 3.05) is 13.1 Å². The molecule has 1 amide bonds. The number of carbonyl (C=O) groups is 1. The van der Waals surface area contributed by atoms with Gasteiger partial charge < -0.3 is 10.2 Å². The van der Waals surface area contributed by atoms with Crippen LogP contribution >= 0.6 is 11.6 Å². The lowest BCUT2D eigenvalue weighted by Gasteiger charge is -2.35. The van der Waals surface area contributed by atoms with Gasteiger partial charge in [0.15, 0.2) is 0 Å². The molecule has 0 aromatic carbocycles. The number of rotatable bonds is 1. The lowest BCUT2D eigenvalue weighted by atomic mass is 10.1. The molecule has 1 aromatic rings. The molecule has 0 radical (unpaired) electrons. The molecule has 2 unspecified atom stereocenters. The van der Waals surface area contributed by atoms with Gasteiger partial charge >= 0.3 is 0 Å². The highest BCUT2D eigenvalue weighted by molar-refractivity contribution is 6.30. The van der Waals surface area contributed by atoms with E-state index in [-0.39, 0.29) is 5.91 Å². The number of carbonyl (C=O) groups excluding carboxylic acids is 1. The molecule has 1 saturated heterocycles. The van der Waals surface area contributed by atoms with Gasteiger partial charge in [-0.1, -0.05) is 11.6 Å². The first-order valence-electron chi connectivity index (χ1n) is 5.73. The van der Waals surface area contributed by atoms with Gasteiger partial charge in [0.1, 0.15) is 5.69 Å². The smallest absolute Gasteiger partial charge is 0.272 e. The molecular weight excluding hydrogens is 238 g/mol. The van der Waals surface area contributed by atoms with Gasteiger partial charge in [-0.3, -0.25) is 4.79 Å². The first-order valence-corrected chi connectivity index (χ1v) is 6.11. The van der Waals surface area contributed by atoms with Gasteiger partial charge in [0.25, 0.3) is 5.91 Å². The van der Waals surface area contributed by atoms with Gasteiger partial charge in [-0.05, 0) is 26.0 Å². The van der Waals surface area contributed by atoms with Gasteiger partial charge in [-0.2, -0.15) is 0 Å². The second-order valence-electron chi connectivity index (χ2n) is 4.54. The lowest BCUT2D eigenvalue weighted by Crippen LogP contribution is -2.55. The molecule has 5 heteroatoms. The molecule has 1 N–H and O–H groups in total. The van der Waals surface area contributed by atoms with Crippen molar-refractivity contribution < 1.29 is 4.79 Å². The number of aromatic nitrogens is 1. The van der Waals surface area contributed by atoms with Crippen LogP contribution in [-0.4, -0.2) is 41.0 Å². The fraction of sp³-hybridized carbons (Fsp3) is 0.500. The summed E-state index contributed by atoms with van der Waals surface area (Å²) in [6.45, 7) is 5.58. The number of nitrogens with zero attached hydrogens (tertiary/aromatic N) is 2. The molecule has 0 bridgehead atoms. The lowest BCUT2D eigenvalue weighted by molar-refractivity contribution is 0.0668. The standard InChI is InChI=1S/C12H16ClN3O/c1-8-6-16(7-9(2)15-8)12(17)11-4-3-10(13)5-14-11/h3-5,8-9,15H,6-7H2,1-2H3. The molecule has 1 fully saturated rings. The Balaban J connectivity index is 2.11. The van der Waals surface area contributed by atoms with Crippen LogP contribution in [0.1, 0.15) is 24.3 Å². The summed E-state index contributed by atoms with van der Waals surface area (Å²) in [7, 11) is 0. The quantitative estimate of drug-likeness (QED) is 0.826. The van der Waals surface area contributed by atoms with Gasteiger partial charge in [0.05, 0.1) is 5.02 Å². The number of hydrogen-bond donors (Lipinski definition) is 1. The van der Waals surface area contributed by atoms with Crippen LogP contribution in [0, 0.1) is 0 Å². The number of piperazine rings is 1. The summed E-state index contributed by atoms with van der Waals surface area (Å²) in [5.74, 6) is -0.0260. The second-order valence-corrected chi connectivity index (χ2v) is 4.98. The third-order valence-electron chi connectivity index (χ3n) is 2.79. The third-order valence-corrected chi connectivity index (χ3v) is 3.01. The van der Waals surface area contributed by atoms with Crippen LogP contribution in [-0.2, 0) is 0 Å². The van der Waals surface area contributed by atoms with Gasteiger partial charge in [0, 0.05) is 31.4 Å². The highest BCUT2D eigenvalue weighted by Crippen LogP contribution is 2.11. The van der Waals surface area contributed by atoms with Crippen LogP contribution in [0.3, 0.4) is 0 Å². The van der Waals surface area contributed by atoms with Crippen LogP contribution in [0.15, 0.2) is 18.3 Å². The highest BCUT2D eigenvalue weighted by Gasteiger charge is 2.25. The summed E-state index contributed by atoms with van der Waals surface area (Å²) in [4.78, 5) is 18.1. The minimum Gasteiger partial charge on any atom is -0.334 e. The Morgan fingerprint density at radius 1 is 1.41 bits per heavy atom. The van der Waals surface area contributed by atoms with E-state index in [0.717, 1.165) is 0 Å². The van der Waals surface area contributed by atoms with Crippen molar-refractivity contribution in [1.82, 2.24) is 15.2 Å². The van der Waals surface area contributed by atoms with Crippen molar-refractivity contribution in [1.29, 1.82) is 0 Å². The zero-order valence-corrected chi connectivity index (χ0v) is 10.7. The molecule has 0 spiro atoms. The van der Waals surface area contributed by atoms with Gasteiger partial charge in [-0.25, -0.2) is 4.98 Å². The van der Waals surface area contributed by atoms with Crippen LogP contribution in [0.5, 0.6) is 0 Å². The van der Waals surface area contributed by atoms with E-state index in [1.54, 1.807) is 12.1 Å². The average Bonchev–Trinajstić information content (AvgIpc) is 2.28. The first kappa shape index (κ1) is 12.3. The molecule has 92 valence electrons. The number of nitrogens with one attached hydrogen (secondary N) is 1. The van der Waals surface area contributed by atoms with Gasteiger partial charge in [0.2, 0.25) is 0 Å². The Morgan fingerprint density at radius 3 is 2.59 bits per heavy atom. The molecule has 1 aromatic heterocycles. The highest BCUT2D eigenvalue weighted by atomic mass is 35.5. The van der Waals surface area contributed by atoms with Crippen molar-refractivity contribution in [3.63, 3.8) is 0 Å². The molecule has 4 nitrogen and oxygen atoms in total. The van der Waals surface area contributed by atoms with E-state index in [1.165, 1.54) is 6.20 Å². The first-order chi connectivity index (χ1) is 8.06. The summed E-state index contributed by atoms with van der Waals surface area (Å²) in [6, 6.07) is 3.99. The Hall–Kier alpha value is -1.13. The van der Waals surface area contributed by atoms with E-state index in [4.69, 9.17) is 11.6 Å². The summed E-state index contributed by atoms with van der Waals surface area (Å²) in [6.07, 6.45) is 1.50. The monoisotopic (exact) mass is 253 g/mol. The van der Waals surface area contributed by atoms with Crippen molar-refractivity contribution in [3.05, 3.63) is 29.0 Å². The summed E-state index contributed by atoms with van der Waals surface area (Å²) < 4.78 is 0. The fourth-order valence-corrected chi connectivity index (χ4v) is 2.27. The summed E-state index contributed by atoms with van der Waals surface area (Å²) >= 11 is 5.75.